The molecule has 2 aromatic carbocycles. The first kappa shape index (κ1) is 21.1. The summed E-state index contributed by atoms with van der Waals surface area (Å²) in [5.74, 6) is 0.182. The van der Waals surface area contributed by atoms with Crippen LogP contribution >= 0.6 is 0 Å². The van der Waals surface area contributed by atoms with E-state index >= 15 is 0 Å². The predicted octanol–water partition coefficient (Wildman–Crippen LogP) is 3.14. The largest absolute Gasteiger partial charge is 0.493 e. The van der Waals surface area contributed by atoms with Crippen LogP contribution in [0.1, 0.15) is 28.8 Å². The molecule has 4 rings (SSSR count). The third-order valence-corrected chi connectivity index (χ3v) is 6.08. The minimum absolute atomic E-state index is 0.0283. The van der Waals surface area contributed by atoms with Crippen molar-refractivity contribution in [3.05, 3.63) is 63.7 Å². The SMILES string of the molecule is COc1cc(C(=O)N2CCN(C3CC3)CC2Cc2ccccc2)c([N+](=O)[O-])cc1OC. The summed E-state index contributed by atoms with van der Waals surface area (Å²) in [4.78, 5) is 29.0. The van der Waals surface area contributed by atoms with Crippen LogP contribution in [0.2, 0.25) is 0 Å². The second-order valence-corrected chi connectivity index (χ2v) is 8.05. The Bertz CT molecular complexity index is 961. The zero-order chi connectivity index (χ0) is 22.0. The molecule has 0 N–H and O–H groups in total. The lowest BCUT2D eigenvalue weighted by atomic mass is 10.00. The zero-order valence-electron chi connectivity index (χ0n) is 17.8. The number of nitro benzene ring substituents is 1. The molecule has 8 heteroatoms. The van der Waals surface area contributed by atoms with Crippen molar-refractivity contribution in [2.45, 2.75) is 31.3 Å². The Hall–Kier alpha value is -3.13. The summed E-state index contributed by atoms with van der Waals surface area (Å²) in [6.07, 6.45) is 3.11. The van der Waals surface area contributed by atoms with Gasteiger partial charge in [0, 0.05) is 37.8 Å². The Morgan fingerprint density at radius 3 is 2.39 bits per heavy atom. The Labute approximate surface area is 181 Å². The molecule has 0 aromatic heterocycles. The van der Waals surface area contributed by atoms with Gasteiger partial charge < -0.3 is 14.4 Å². The van der Waals surface area contributed by atoms with Crippen molar-refractivity contribution >= 4 is 11.6 Å². The van der Waals surface area contributed by atoms with Crippen LogP contribution in [-0.2, 0) is 6.42 Å². The number of hydrogen-bond donors (Lipinski definition) is 0. The van der Waals surface area contributed by atoms with Crippen LogP contribution in [-0.4, -0.2) is 66.6 Å². The van der Waals surface area contributed by atoms with Crippen LogP contribution in [0.5, 0.6) is 11.5 Å². The van der Waals surface area contributed by atoms with Crippen molar-refractivity contribution in [2.24, 2.45) is 0 Å². The molecule has 1 atom stereocenters. The molecule has 0 bridgehead atoms. The fourth-order valence-corrected chi connectivity index (χ4v) is 4.32. The molecule has 1 saturated carbocycles. The number of amides is 1. The van der Waals surface area contributed by atoms with E-state index in [4.69, 9.17) is 9.47 Å². The number of rotatable bonds is 7. The second kappa shape index (κ2) is 8.93. The van der Waals surface area contributed by atoms with Gasteiger partial charge in [-0.1, -0.05) is 30.3 Å². The van der Waals surface area contributed by atoms with Gasteiger partial charge in [0.2, 0.25) is 0 Å². The number of methoxy groups -OCH3 is 2. The second-order valence-electron chi connectivity index (χ2n) is 8.05. The number of ether oxygens (including phenoxy) is 2. The minimum Gasteiger partial charge on any atom is -0.493 e. The molecule has 1 saturated heterocycles. The number of carbonyl (C=O) groups is 1. The van der Waals surface area contributed by atoms with Gasteiger partial charge >= 0.3 is 0 Å². The van der Waals surface area contributed by atoms with Crippen molar-refractivity contribution in [1.82, 2.24) is 9.80 Å². The standard InChI is InChI=1S/C23H27N3O5/c1-30-21-13-19(20(26(28)29)14-22(21)31-2)23(27)25-11-10-24(17-8-9-17)15-18(25)12-16-6-4-3-5-7-16/h3-7,13-14,17-18H,8-12,15H2,1-2H3. The average molecular weight is 425 g/mol. The van der Waals surface area contributed by atoms with E-state index in [-0.39, 0.29) is 28.9 Å². The van der Waals surface area contributed by atoms with E-state index in [2.05, 4.69) is 17.0 Å². The molecular formula is C23H27N3O5. The van der Waals surface area contributed by atoms with Crippen molar-refractivity contribution in [1.29, 1.82) is 0 Å². The van der Waals surface area contributed by atoms with E-state index in [1.54, 1.807) is 4.90 Å². The van der Waals surface area contributed by atoms with Gasteiger partial charge in [-0.2, -0.15) is 0 Å². The van der Waals surface area contributed by atoms with Crippen molar-refractivity contribution < 1.29 is 19.2 Å². The van der Waals surface area contributed by atoms with Crippen LogP contribution in [0.25, 0.3) is 0 Å². The smallest absolute Gasteiger partial charge is 0.286 e. The fourth-order valence-electron chi connectivity index (χ4n) is 4.32. The third kappa shape index (κ3) is 4.49. The lowest BCUT2D eigenvalue weighted by Gasteiger charge is -2.42. The molecule has 164 valence electrons. The molecule has 31 heavy (non-hydrogen) atoms. The number of piperazine rings is 1. The predicted molar refractivity (Wildman–Crippen MR) is 116 cm³/mol. The van der Waals surface area contributed by atoms with E-state index in [0.717, 1.165) is 18.7 Å². The maximum Gasteiger partial charge on any atom is 0.286 e. The Morgan fingerprint density at radius 1 is 1.10 bits per heavy atom. The number of benzene rings is 2. The molecule has 1 aliphatic carbocycles. The number of hydrogen-bond acceptors (Lipinski definition) is 6. The van der Waals surface area contributed by atoms with Gasteiger partial charge in [0.1, 0.15) is 5.56 Å². The van der Waals surface area contributed by atoms with Gasteiger partial charge in [-0.15, -0.1) is 0 Å². The van der Waals surface area contributed by atoms with E-state index in [1.807, 2.05) is 18.2 Å². The van der Waals surface area contributed by atoms with Gasteiger partial charge in [-0.3, -0.25) is 19.8 Å². The third-order valence-electron chi connectivity index (χ3n) is 6.08. The zero-order valence-corrected chi connectivity index (χ0v) is 17.8. The van der Waals surface area contributed by atoms with Crippen LogP contribution in [0, 0.1) is 10.1 Å². The van der Waals surface area contributed by atoms with Crippen LogP contribution in [0.3, 0.4) is 0 Å². The van der Waals surface area contributed by atoms with E-state index in [9.17, 15) is 14.9 Å². The van der Waals surface area contributed by atoms with E-state index < -0.39 is 4.92 Å². The van der Waals surface area contributed by atoms with Crippen molar-refractivity contribution in [3.63, 3.8) is 0 Å². The highest BCUT2D eigenvalue weighted by Gasteiger charge is 2.39. The molecule has 0 radical (unpaired) electrons. The maximum absolute atomic E-state index is 13.6. The Balaban J connectivity index is 1.67. The van der Waals surface area contributed by atoms with Gasteiger partial charge in [0.05, 0.1) is 25.2 Å². The molecule has 1 amide bonds. The molecule has 2 aliphatic rings. The molecule has 1 heterocycles. The van der Waals surface area contributed by atoms with Crippen molar-refractivity contribution in [3.8, 4) is 11.5 Å². The average Bonchev–Trinajstić information content (AvgIpc) is 3.64. The highest BCUT2D eigenvalue weighted by atomic mass is 16.6. The summed E-state index contributed by atoms with van der Waals surface area (Å²) in [7, 11) is 2.86. The molecule has 0 spiro atoms. The molecule has 2 aromatic rings. The number of nitrogens with zero attached hydrogens (tertiary/aromatic N) is 3. The summed E-state index contributed by atoms with van der Waals surface area (Å²) in [5.41, 5.74) is 0.899. The molecule has 1 aliphatic heterocycles. The molecule has 1 unspecified atom stereocenters. The number of nitro groups is 1. The van der Waals surface area contributed by atoms with Crippen LogP contribution in [0.4, 0.5) is 5.69 Å². The number of carbonyl (C=O) groups excluding carboxylic acids is 1. The quantitative estimate of drug-likeness (QED) is 0.500. The van der Waals surface area contributed by atoms with Gasteiger partial charge in [-0.05, 0) is 24.8 Å². The lowest BCUT2D eigenvalue weighted by Crippen LogP contribution is -2.56. The topological polar surface area (TPSA) is 85.2 Å². The Morgan fingerprint density at radius 2 is 1.77 bits per heavy atom. The summed E-state index contributed by atoms with van der Waals surface area (Å²) >= 11 is 0. The van der Waals surface area contributed by atoms with Crippen LogP contribution < -0.4 is 9.47 Å². The molecule has 2 fully saturated rings. The lowest BCUT2D eigenvalue weighted by molar-refractivity contribution is -0.385. The summed E-state index contributed by atoms with van der Waals surface area (Å²) in [5, 5.41) is 11.7. The highest BCUT2D eigenvalue weighted by Crippen LogP contribution is 2.36. The monoisotopic (exact) mass is 425 g/mol. The van der Waals surface area contributed by atoms with Gasteiger partial charge in [0.15, 0.2) is 11.5 Å². The van der Waals surface area contributed by atoms with Gasteiger partial charge in [-0.25, -0.2) is 0 Å². The Kier molecular flexibility index (Phi) is 6.08. The first-order chi connectivity index (χ1) is 15.0. The first-order valence-corrected chi connectivity index (χ1v) is 10.5. The molecular weight excluding hydrogens is 398 g/mol. The van der Waals surface area contributed by atoms with Crippen LogP contribution in [0.15, 0.2) is 42.5 Å². The highest BCUT2D eigenvalue weighted by molar-refractivity contribution is 5.99. The first-order valence-electron chi connectivity index (χ1n) is 10.5. The maximum atomic E-state index is 13.6. The van der Waals surface area contributed by atoms with E-state index in [1.165, 1.54) is 39.2 Å². The van der Waals surface area contributed by atoms with E-state index in [0.29, 0.717) is 24.8 Å². The molecule has 8 nitrogen and oxygen atoms in total. The normalized spacial score (nSPS) is 19.2. The summed E-state index contributed by atoms with van der Waals surface area (Å²) in [6, 6.07) is 13.3. The fraction of sp³-hybridized carbons (Fsp3) is 0.435. The van der Waals surface area contributed by atoms with Crippen molar-refractivity contribution in [2.75, 3.05) is 33.9 Å². The minimum atomic E-state index is -0.540. The van der Waals surface area contributed by atoms with Gasteiger partial charge in [0.25, 0.3) is 11.6 Å². The summed E-state index contributed by atoms with van der Waals surface area (Å²) in [6.45, 7) is 2.09. The summed E-state index contributed by atoms with van der Waals surface area (Å²) < 4.78 is 10.5.